The Morgan fingerprint density at radius 3 is 3.00 bits per heavy atom. The molecular weight excluding hydrogens is 480 g/mol. The summed E-state index contributed by atoms with van der Waals surface area (Å²) in [4.78, 5) is 36.2. The number of fused-ring (bicyclic) bond motifs is 5. The molecule has 0 unspecified atom stereocenters. The summed E-state index contributed by atoms with van der Waals surface area (Å²) in [5, 5.41) is 13.6. The lowest BCUT2D eigenvalue weighted by atomic mass is 9.89. The lowest BCUT2D eigenvalue weighted by Crippen LogP contribution is -2.14. The van der Waals surface area contributed by atoms with Crippen LogP contribution in [-0.4, -0.2) is 48.8 Å². The molecule has 4 aromatic rings. The molecule has 0 saturated heterocycles. The summed E-state index contributed by atoms with van der Waals surface area (Å²) in [7, 11) is 0. The van der Waals surface area contributed by atoms with Gasteiger partial charge in [0.05, 0.1) is 23.4 Å². The summed E-state index contributed by atoms with van der Waals surface area (Å²) in [6.45, 7) is 6.04. The van der Waals surface area contributed by atoms with Crippen LogP contribution in [0, 0.1) is 12.8 Å². The topological polar surface area (TPSA) is 111 Å². The minimum atomic E-state index is -0.429. The number of ether oxygens (including phenoxy) is 1. The molecule has 9 nitrogen and oxygen atoms in total. The standard InChI is InChI=1S/C21H22N6O3S3/c1-4-30-19(29)16-11(3)23-20(33-16)24-14(28)8-31-21-26-25-17-15-12-6-5-10(2)7-13(12)32-18(15)22-9-27(17)21/h9-10H,4-8H2,1-3H3,(H,23,24,28)/t10-/m0/s1. The first kappa shape index (κ1) is 22.2. The molecule has 1 atom stereocenters. The number of aryl methyl sites for hydroxylation is 2. The van der Waals surface area contributed by atoms with E-state index in [2.05, 4.69) is 32.4 Å². The van der Waals surface area contributed by atoms with E-state index in [1.165, 1.54) is 28.6 Å². The largest absolute Gasteiger partial charge is 0.462 e. The fourth-order valence-electron chi connectivity index (χ4n) is 3.94. The number of aromatic nitrogens is 5. The predicted molar refractivity (Wildman–Crippen MR) is 130 cm³/mol. The quantitative estimate of drug-likeness (QED) is 0.309. The Balaban J connectivity index is 1.31. The third-order valence-electron chi connectivity index (χ3n) is 5.51. The molecule has 0 bridgehead atoms. The van der Waals surface area contributed by atoms with E-state index in [4.69, 9.17) is 4.74 Å². The van der Waals surface area contributed by atoms with Crippen LogP contribution >= 0.6 is 34.4 Å². The monoisotopic (exact) mass is 502 g/mol. The first-order valence-electron chi connectivity index (χ1n) is 10.7. The number of carbonyl (C=O) groups excluding carboxylic acids is 2. The predicted octanol–water partition coefficient (Wildman–Crippen LogP) is 4.14. The van der Waals surface area contributed by atoms with Gasteiger partial charge in [0, 0.05) is 4.88 Å². The van der Waals surface area contributed by atoms with Gasteiger partial charge in [0.1, 0.15) is 16.0 Å². The normalized spacial score (nSPS) is 15.7. The Labute approximate surface area is 202 Å². The van der Waals surface area contributed by atoms with Gasteiger partial charge in [-0.1, -0.05) is 30.0 Å². The van der Waals surface area contributed by atoms with Crippen LogP contribution in [0.3, 0.4) is 0 Å². The fourth-order valence-corrected chi connectivity index (χ4v) is 6.86. The molecule has 1 amide bonds. The van der Waals surface area contributed by atoms with Crippen LogP contribution in [0.1, 0.15) is 46.1 Å². The summed E-state index contributed by atoms with van der Waals surface area (Å²) in [5.41, 5.74) is 2.68. The molecule has 0 spiro atoms. The molecule has 33 heavy (non-hydrogen) atoms. The van der Waals surface area contributed by atoms with Gasteiger partial charge in [0.15, 0.2) is 15.9 Å². The number of rotatable bonds is 6. The van der Waals surface area contributed by atoms with Crippen molar-refractivity contribution in [1.82, 2.24) is 24.6 Å². The fraction of sp³-hybridized carbons (Fsp3) is 0.429. The van der Waals surface area contributed by atoms with Gasteiger partial charge in [-0.2, -0.15) is 0 Å². The zero-order chi connectivity index (χ0) is 23.1. The van der Waals surface area contributed by atoms with Crippen molar-refractivity contribution < 1.29 is 14.3 Å². The summed E-state index contributed by atoms with van der Waals surface area (Å²) < 4.78 is 6.88. The van der Waals surface area contributed by atoms with Gasteiger partial charge >= 0.3 is 5.97 Å². The Kier molecular flexibility index (Phi) is 6.06. The molecule has 0 aromatic carbocycles. The average Bonchev–Trinajstić information content (AvgIpc) is 3.46. The van der Waals surface area contributed by atoms with Gasteiger partial charge < -0.3 is 10.1 Å². The van der Waals surface area contributed by atoms with Crippen molar-refractivity contribution in [3.63, 3.8) is 0 Å². The molecule has 0 fully saturated rings. The van der Waals surface area contributed by atoms with E-state index in [0.717, 1.165) is 40.0 Å². The maximum atomic E-state index is 12.5. The van der Waals surface area contributed by atoms with E-state index in [0.29, 0.717) is 26.8 Å². The second kappa shape index (κ2) is 8.99. The number of thiophene rings is 1. The summed E-state index contributed by atoms with van der Waals surface area (Å²) in [6.07, 6.45) is 5.03. The molecule has 0 saturated carbocycles. The van der Waals surface area contributed by atoms with E-state index >= 15 is 0 Å². The van der Waals surface area contributed by atoms with Gasteiger partial charge in [0.2, 0.25) is 5.91 Å². The second-order valence-corrected chi connectivity index (χ2v) is 11.0. The lowest BCUT2D eigenvalue weighted by Gasteiger charge is -2.17. The minimum absolute atomic E-state index is 0.130. The Bertz CT molecular complexity index is 1370. The van der Waals surface area contributed by atoms with Crippen LogP contribution in [0.15, 0.2) is 11.5 Å². The van der Waals surface area contributed by atoms with Gasteiger partial charge in [0.25, 0.3) is 0 Å². The molecule has 1 aliphatic carbocycles. The average molecular weight is 503 g/mol. The van der Waals surface area contributed by atoms with Crippen LogP contribution < -0.4 is 5.32 Å². The first-order valence-corrected chi connectivity index (χ1v) is 13.3. The van der Waals surface area contributed by atoms with Gasteiger partial charge in [-0.15, -0.1) is 21.5 Å². The first-order chi connectivity index (χ1) is 15.9. The van der Waals surface area contributed by atoms with Gasteiger partial charge in [-0.25, -0.2) is 14.8 Å². The molecular formula is C21H22N6O3S3. The van der Waals surface area contributed by atoms with Crippen molar-refractivity contribution in [1.29, 1.82) is 0 Å². The van der Waals surface area contributed by atoms with Crippen LogP contribution in [0.5, 0.6) is 0 Å². The third kappa shape index (κ3) is 4.22. The number of esters is 1. The third-order valence-corrected chi connectivity index (χ3v) is 8.67. The van der Waals surface area contributed by atoms with E-state index < -0.39 is 5.97 Å². The van der Waals surface area contributed by atoms with Crippen molar-refractivity contribution in [3.05, 3.63) is 27.3 Å². The number of nitrogens with zero attached hydrogens (tertiary/aromatic N) is 5. The van der Waals surface area contributed by atoms with Gasteiger partial charge in [-0.05, 0) is 44.6 Å². The van der Waals surface area contributed by atoms with E-state index in [-0.39, 0.29) is 18.3 Å². The summed E-state index contributed by atoms with van der Waals surface area (Å²) >= 11 is 4.15. The van der Waals surface area contributed by atoms with Crippen LogP contribution in [-0.2, 0) is 22.4 Å². The van der Waals surface area contributed by atoms with E-state index in [1.807, 2.05) is 4.40 Å². The molecule has 172 valence electrons. The van der Waals surface area contributed by atoms with Crippen LogP contribution in [0.25, 0.3) is 15.9 Å². The molecule has 0 aliphatic heterocycles. The molecule has 12 heteroatoms. The van der Waals surface area contributed by atoms with Crippen LogP contribution in [0.4, 0.5) is 5.13 Å². The second-order valence-electron chi connectivity index (χ2n) is 7.94. The van der Waals surface area contributed by atoms with Crippen molar-refractivity contribution in [2.45, 2.75) is 45.2 Å². The SMILES string of the molecule is CCOC(=O)c1sc(NC(=O)CSc2nnc3c4c5c(sc4ncn23)C[C@@H](C)CC5)nc1C. The number of hydrogen-bond acceptors (Lipinski definition) is 10. The highest BCUT2D eigenvalue weighted by atomic mass is 32.2. The summed E-state index contributed by atoms with van der Waals surface area (Å²) in [5.74, 6) is 0.156. The Morgan fingerprint density at radius 2 is 2.18 bits per heavy atom. The Morgan fingerprint density at radius 1 is 1.33 bits per heavy atom. The maximum absolute atomic E-state index is 12.5. The molecule has 4 heterocycles. The summed E-state index contributed by atoms with van der Waals surface area (Å²) in [6, 6.07) is 0. The zero-order valence-corrected chi connectivity index (χ0v) is 20.8. The van der Waals surface area contributed by atoms with Gasteiger partial charge in [-0.3, -0.25) is 9.20 Å². The number of nitrogens with one attached hydrogen (secondary N) is 1. The Hall–Kier alpha value is -2.57. The highest BCUT2D eigenvalue weighted by Gasteiger charge is 2.24. The highest BCUT2D eigenvalue weighted by molar-refractivity contribution is 7.99. The molecule has 0 radical (unpaired) electrons. The number of amides is 1. The smallest absolute Gasteiger partial charge is 0.350 e. The highest BCUT2D eigenvalue weighted by Crippen LogP contribution is 2.39. The zero-order valence-electron chi connectivity index (χ0n) is 18.4. The molecule has 5 rings (SSSR count). The number of carbonyl (C=O) groups is 2. The minimum Gasteiger partial charge on any atom is -0.462 e. The van der Waals surface area contributed by atoms with E-state index in [1.54, 1.807) is 31.5 Å². The van der Waals surface area contributed by atoms with Crippen molar-refractivity contribution >= 4 is 67.3 Å². The number of thiazole rings is 1. The van der Waals surface area contributed by atoms with E-state index in [9.17, 15) is 9.59 Å². The number of anilines is 1. The van der Waals surface area contributed by atoms with Crippen molar-refractivity contribution in [2.75, 3.05) is 17.7 Å². The lowest BCUT2D eigenvalue weighted by molar-refractivity contribution is -0.113. The maximum Gasteiger partial charge on any atom is 0.350 e. The number of hydrogen-bond donors (Lipinski definition) is 1. The van der Waals surface area contributed by atoms with Crippen LogP contribution in [0.2, 0.25) is 0 Å². The molecule has 1 N–H and O–H groups in total. The molecule has 4 aromatic heterocycles. The van der Waals surface area contributed by atoms with Crippen molar-refractivity contribution in [2.24, 2.45) is 5.92 Å². The number of thioether (sulfide) groups is 1. The molecule has 1 aliphatic rings. The van der Waals surface area contributed by atoms with Crippen molar-refractivity contribution in [3.8, 4) is 0 Å².